The number of carbonyl (C=O) groups is 1. The average molecular weight is 505 g/mol. The van der Waals surface area contributed by atoms with Gasteiger partial charge in [-0.15, -0.1) is 35.7 Å². The summed E-state index contributed by atoms with van der Waals surface area (Å²) in [6, 6.07) is 10.8. The highest BCUT2D eigenvalue weighted by molar-refractivity contribution is 14.0. The van der Waals surface area contributed by atoms with Crippen LogP contribution in [-0.2, 0) is 4.79 Å². The monoisotopic (exact) mass is 505 g/mol. The lowest BCUT2D eigenvalue weighted by Gasteiger charge is -2.32. The van der Waals surface area contributed by atoms with Gasteiger partial charge in [-0.25, -0.2) is 0 Å². The molecular weight excluding hydrogens is 473 g/mol. The number of thioether (sulfide) groups is 1. The smallest absolute Gasteiger partial charge is 0.231 e. The summed E-state index contributed by atoms with van der Waals surface area (Å²) in [4.78, 5) is 19.2. The first-order valence-electron chi connectivity index (χ1n) is 9.34. The van der Waals surface area contributed by atoms with E-state index in [9.17, 15) is 4.79 Å². The van der Waals surface area contributed by atoms with Crippen LogP contribution in [0.4, 0.5) is 0 Å². The van der Waals surface area contributed by atoms with Gasteiger partial charge < -0.3 is 16.4 Å². The second-order valence-electron chi connectivity index (χ2n) is 6.62. The van der Waals surface area contributed by atoms with Crippen molar-refractivity contribution in [2.24, 2.45) is 10.7 Å². The molecule has 0 radical (unpaired) electrons. The number of hydrogen-bond acceptors (Lipinski definition) is 4. The number of nitrogens with two attached hydrogens (primary N) is 1. The Morgan fingerprint density at radius 3 is 2.59 bits per heavy atom. The summed E-state index contributed by atoms with van der Waals surface area (Å²) in [5.41, 5.74) is 5.27. The Bertz CT molecular complexity index is 579. The first-order valence-corrected chi connectivity index (χ1v) is 10.2. The van der Waals surface area contributed by atoms with Gasteiger partial charge in [0.05, 0.1) is 13.1 Å². The van der Waals surface area contributed by atoms with Crippen LogP contribution in [0.15, 0.2) is 40.2 Å². The predicted molar refractivity (Wildman–Crippen MR) is 125 cm³/mol. The molecule has 1 fully saturated rings. The second-order valence-corrected chi connectivity index (χ2v) is 8.13. The third kappa shape index (κ3) is 9.66. The summed E-state index contributed by atoms with van der Waals surface area (Å²) in [5, 5.41) is 7.28. The van der Waals surface area contributed by atoms with E-state index in [-0.39, 0.29) is 29.9 Å². The van der Waals surface area contributed by atoms with Crippen molar-refractivity contribution in [2.75, 3.05) is 32.7 Å². The van der Waals surface area contributed by atoms with Gasteiger partial charge in [0, 0.05) is 35.8 Å². The van der Waals surface area contributed by atoms with E-state index in [1.807, 2.05) is 17.8 Å². The molecule has 1 aliphatic rings. The zero-order valence-electron chi connectivity index (χ0n) is 16.2. The van der Waals surface area contributed by atoms with E-state index in [0.29, 0.717) is 17.8 Å². The molecule has 1 atom stereocenters. The van der Waals surface area contributed by atoms with Crippen molar-refractivity contribution in [3.63, 3.8) is 0 Å². The quantitative estimate of drug-likeness (QED) is 0.219. The molecule has 2 rings (SSSR count). The van der Waals surface area contributed by atoms with Gasteiger partial charge in [0.15, 0.2) is 5.96 Å². The fraction of sp³-hybridized carbons (Fsp3) is 0.579. The molecule has 152 valence electrons. The van der Waals surface area contributed by atoms with Gasteiger partial charge in [0.25, 0.3) is 0 Å². The molecular formula is C19H32IN5OS. The number of likely N-dealkylation sites (tertiary alicyclic amines) is 1. The number of benzene rings is 1. The molecule has 0 spiro atoms. The summed E-state index contributed by atoms with van der Waals surface area (Å²) >= 11 is 1.84. The Balaban J connectivity index is 0.00000364. The molecule has 0 bridgehead atoms. The zero-order chi connectivity index (χ0) is 18.8. The van der Waals surface area contributed by atoms with Crippen molar-refractivity contribution in [1.82, 2.24) is 15.5 Å². The summed E-state index contributed by atoms with van der Waals surface area (Å²) in [6.45, 7) is 8.01. The average Bonchev–Trinajstić information content (AvgIpc) is 2.62. The van der Waals surface area contributed by atoms with E-state index in [0.717, 1.165) is 45.0 Å². The molecule has 27 heavy (non-hydrogen) atoms. The number of aliphatic imine (C=N–C) groups is 1. The van der Waals surface area contributed by atoms with E-state index in [1.54, 1.807) is 0 Å². The third-order valence-electron chi connectivity index (χ3n) is 4.24. The Morgan fingerprint density at radius 2 is 2.00 bits per heavy atom. The molecule has 0 aromatic heterocycles. The van der Waals surface area contributed by atoms with Crippen LogP contribution in [0, 0.1) is 0 Å². The maximum Gasteiger partial charge on any atom is 0.231 e. The maximum absolute atomic E-state index is 11.0. The van der Waals surface area contributed by atoms with Crippen LogP contribution >= 0.6 is 35.7 Å². The molecule has 0 saturated carbocycles. The van der Waals surface area contributed by atoms with Crippen LogP contribution in [0.5, 0.6) is 0 Å². The standard InChI is InChI=1S/C19H31N5OS.HI/c1-3-21-19(22-13-15(2)26-17-7-5-4-6-8-17)23-16-9-11-24(12-10-16)14-18(20)25;/h4-8,15-16H,3,9-14H2,1-2H3,(H2,20,25)(H2,21,22,23);1H. The van der Waals surface area contributed by atoms with Gasteiger partial charge in [-0.05, 0) is 31.9 Å². The topological polar surface area (TPSA) is 82.8 Å². The Kier molecular flexibility index (Phi) is 11.8. The SMILES string of the molecule is CCNC(=NCC(C)Sc1ccccc1)NC1CCN(CC(N)=O)CC1.I. The van der Waals surface area contributed by atoms with Gasteiger partial charge in [-0.2, -0.15) is 0 Å². The summed E-state index contributed by atoms with van der Waals surface area (Å²) in [7, 11) is 0. The molecule has 1 aromatic carbocycles. The third-order valence-corrected chi connectivity index (χ3v) is 5.33. The number of nitrogens with one attached hydrogen (secondary N) is 2. The number of nitrogens with zero attached hydrogens (tertiary/aromatic N) is 2. The molecule has 0 aliphatic carbocycles. The molecule has 1 aromatic rings. The van der Waals surface area contributed by atoms with Crippen LogP contribution in [0.25, 0.3) is 0 Å². The molecule has 1 unspecified atom stereocenters. The minimum absolute atomic E-state index is 0. The number of carbonyl (C=O) groups excluding carboxylic acids is 1. The molecule has 1 heterocycles. The molecule has 6 nitrogen and oxygen atoms in total. The fourth-order valence-electron chi connectivity index (χ4n) is 2.96. The van der Waals surface area contributed by atoms with E-state index in [2.05, 4.69) is 53.6 Å². The highest BCUT2D eigenvalue weighted by atomic mass is 127. The lowest BCUT2D eigenvalue weighted by atomic mass is 10.1. The van der Waals surface area contributed by atoms with E-state index in [4.69, 9.17) is 10.7 Å². The largest absolute Gasteiger partial charge is 0.369 e. The fourth-order valence-corrected chi connectivity index (χ4v) is 3.89. The Labute approximate surface area is 184 Å². The van der Waals surface area contributed by atoms with Crippen molar-refractivity contribution >= 4 is 47.6 Å². The summed E-state index contributed by atoms with van der Waals surface area (Å²) in [6.07, 6.45) is 1.98. The Hall–Kier alpha value is -1.00. The van der Waals surface area contributed by atoms with E-state index < -0.39 is 0 Å². The van der Waals surface area contributed by atoms with Gasteiger partial charge >= 0.3 is 0 Å². The Morgan fingerprint density at radius 1 is 1.33 bits per heavy atom. The zero-order valence-corrected chi connectivity index (χ0v) is 19.3. The lowest BCUT2D eigenvalue weighted by Crippen LogP contribution is -2.50. The van der Waals surface area contributed by atoms with Crippen molar-refractivity contribution in [3.05, 3.63) is 30.3 Å². The van der Waals surface area contributed by atoms with Crippen LogP contribution in [0.1, 0.15) is 26.7 Å². The van der Waals surface area contributed by atoms with Crippen molar-refractivity contribution in [3.8, 4) is 0 Å². The minimum atomic E-state index is -0.254. The number of primary amides is 1. The highest BCUT2D eigenvalue weighted by Gasteiger charge is 2.20. The first kappa shape index (κ1) is 24.0. The maximum atomic E-state index is 11.0. The molecule has 1 aliphatic heterocycles. The van der Waals surface area contributed by atoms with Crippen LogP contribution in [-0.4, -0.2) is 60.8 Å². The van der Waals surface area contributed by atoms with Crippen molar-refractivity contribution in [2.45, 2.75) is 42.9 Å². The van der Waals surface area contributed by atoms with Gasteiger partial charge in [0.1, 0.15) is 0 Å². The number of amides is 1. The normalized spacial score (nSPS) is 17.0. The number of guanidine groups is 1. The lowest BCUT2D eigenvalue weighted by molar-refractivity contribution is -0.119. The summed E-state index contributed by atoms with van der Waals surface area (Å²) in [5.74, 6) is 0.623. The molecule has 8 heteroatoms. The number of rotatable bonds is 8. The predicted octanol–water partition coefficient (Wildman–Crippen LogP) is 2.29. The van der Waals surface area contributed by atoms with Crippen LogP contribution < -0.4 is 16.4 Å². The van der Waals surface area contributed by atoms with Crippen LogP contribution in [0.3, 0.4) is 0 Å². The van der Waals surface area contributed by atoms with Gasteiger partial charge in [-0.1, -0.05) is 25.1 Å². The van der Waals surface area contributed by atoms with Gasteiger partial charge in [-0.3, -0.25) is 14.7 Å². The van der Waals surface area contributed by atoms with Gasteiger partial charge in [0.2, 0.25) is 5.91 Å². The van der Waals surface area contributed by atoms with Crippen LogP contribution in [0.2, 0.25) is 0 Å². The van der Waals surface area contributed by atoms with E-state index >= 15 is 0 Å². The minimum Gasteiger partial charge on any atom is -0.369 e. The van der Waals surface area contributed by atoms with Crippen molar-refractivity contribution < 1.29 is 4.79 Å². The first-order chi connectivity index (χ1) is 12.6. The second kappa shape index (κ2) is 13.2. The summed E-state index contributed by atoms with van der Waals surface area (Å²) < 4.78 is 0. The molecule has 4 N–H and O–H groups in total. The number of hydrogen-bond donors (Lipinski definition) is 3. The van der Waals surface area contributed by atoms with Crippen molar-refractivity contribution in [1.29, 1.82) is 0 Å². The number of halogens is 1. The molecule has 1 amide bonds. The number of piperidine rings is 1. The van der Waals surface area contributed by atoms with E-state index in [1.165, 1.54) is 4.90 Å². The molecule has 1 saturated heterocycles. The highest BCUT2D eigenvalue weighted by Crippen LogP contribution is 2.22.